The molecule has 128 valence electrons. The Hall–Kier alpha value is -0.570. The van der Waals surface area contributed by atoms with Gasteiger partial charge in [0.2, 0.25) is 0 Å². The van der Waals surface area contributed by atoms with E-state index in [1.54, 1.807) is 0 Å². The van der Waals surface area contributed by atoms with Crippen molar-refractivity contribution in [2.24, 2.45) is 5.92 Å². The summed E-state index contributed by atoms with van der Waals surface area (Å²) in [6, 6.07) is 0. The number of epoxide rings is 1. The van der Waals surface area contributed by atoms with Gasteiger partial charge in [0.05, 0.1) is 12.7 Å². The highest BCUT2D eigenvalue weighted by atomic mass is 16.6. The molecule has 1 unspecified atom stereocenters. The van der Waals surface area contributed by atoms with E-state index < -0.39 is 5.60 Å². The fourth-order valence-corrected chi connectivity index (χ4v) is 3.62. The van der Waals surface area contributed by atoms with Crippen molar-refractivity contribution in [1.82, 2.24) is 0 Å². The Balaban J connectivity index is 1.46. The number of carbonyl (C=O) groups excluding carboxylic acids is 1. The standard InChI is InChI=1S/C19H34O3/c1-16(2)22-18(20)19(15-21-19)14-10-5-3-4-7-11-17-12-8-6-9-13-17/h16-17H,3-15H2,1-2H3. The molecule has 22 heavy (non-hydrogen) atoms. The van der Waals surface area contributed by atoms with Crippen LogP contribution in [0.25, 0.3) is 0 Å². The lowest BCUT2D eigenvalue weighted by atomic mass is 9.85. The average molecular weight is 310 g/mol. The lowest BCUT2D eigenvalue weighted by Gasteiger charge is -2.21. The highest BCUT2D eigenvalue weighted by molar-refractivity contribution is 5.82. The maximum Gasteiger partial charge on any atom is 0.341 e. The van der Waals surface area contributed by atoms with E-state index in [4.69, 9.17) is 9.47 Å². The second-order valence-corrected chi connectivity index (χ2v) is 7.55. The number of hydrogen-bond acceptors (Lipinski definition) is 3. The molecule has 2 rings (SSSR count). The third-order valence-corrected chi connectivity index (χ3v) is 5.13. The molecular formula is C19H34O3. The van der Waals surface area contributed by atoms with E-state index in [1.807, 2.05) is 13.8 Å². The first-order valence-electron chi connectivity index (χ1n) is 9.47. The molecule has 1 saturated heterocycles. The summed E-state index contributed by atoms with van der Waals surface area (Å²) < 4.78 is 10.7. The van der Waals surface area contributed by atoms with Crippen molar-refractivity contribution in [3.05, 3.63) is 0 Å². The van der Waals surface area contributed by atoms with Crippen LogP contribution in [0, 0.1) is 5.92 Å². The summed E-state index contributed by atoms with van der Waals surface area (Å²) in [5.74, 6) is 0.863. The number of unbranched alkanes of at least 4 members (excludes halogenated alkanes) is 4. The molecule has 0 N–H and O–H groups in total. The molecular weight excluding hydrogens is 276 g/mol. The van der Waals surface area contributed by atoms with Gasteiger partial charge in [-0.15, -0.1) is 0 Å². The normalized spacial score (nSPS) is 25.4. The maximum absolute atomic E-state index is 11.9. The second kappa shape index (κ2) is 8.90. The molecule has 0 aromatic heterocycles. The van der Waals surface area contributed by atoms with Crippen molar-refractivity contribution in [3.8, 4) is 0 Å². The summed E-state index contributed by atoms with van der Waals surface area (Å²) in [6.07, 6.45) is 15.9. The number of rotatable bonds is 10. The van der Waals surface area contributed by atoms with E-state index in [0.717, 1.165) is 18.8 Å². The smallest absolute Gasteiger partial charge is 0.341 e. The van der Waals surface area contributed by atoms with Gasteiger partial charge in [0.1, 0.15) is 0 Å². The van der Waals surface area contributed by atoms with Gasteiger partial charge in [-0.3, -0.25) is 0 Å². The minimum absolute atomic E-state index is 0.0478. The van der Waals surface area contributed by atoms with Crippen LogP contribution in [0.5, 0.6) is 0 Å². The number of hydrogen-bond donors (Lipinski definition) is 0. The molecule has 2 aliphatic rings. The summed E-state index contributed by atoms with van der Waals surface area (Å²) in [4.78, 5) is 11.9. The second-order valence-electron chi connectivity index (χ2n) is 7.55. The van der Waals surface area contributed by atoms with Crippen molar-refractivity contribution in [2.45, 2.75) is 103 Å². The summed E-state index contributed by atoms with van der Waals surface area (Å²) >= 11 is 0. The van der Waals surface area contributed by atoms with Crippen molar-refractivity contribution in [3.63, 3.8) is 0 Å². The molecule has 0 aromatic carbocycles. The van der Waals surface area contributed by atoms with Crippen LogP contribution >= 0.6 is 0 Å². The van der Waals surface area contributed by atoms with E-state index in [2.05, 4.69) is 0 Å². The quantitative estimate of drug-likeness (QED) is 0.323. The van der Waals surface area contributed by atoms with Crippen molar-refractivity contribution in [1.29, 1.82) is 0 Å². The first kappa shape index (κ1) is 17.8. The third kappa shape index (κ3) is 5.91. The van der Waals surface area contributed by atoms with Crippen molar-refractivity contribution >= 4 is 5.97 Å². The van der Waals surface area contributed by atoms with Crippen LogP contribution in [0.3, 0.4) is 0 Å². The van der Waals surface area contributed by atoms with Crippen LogP contribution in [0.1, 0.15) is 90.9 Å². The molecule has 3 nitrogen and oxygen atoms in total. The number of carbonyl (C=O) groups is 1. The van der Waals surface area contributed by atoms with Crippen LogP contribution in [-0.2, 0) is 14.3 Å². The fraction of sp³-hybridized carbons (Fsp3) is 0.947. The van der Waals surface area contributed by atoms with Gasteiger partial charge in [-0.2, -0.15) is 0 Å². The van der Waals surface area contributed by atoms with Gasteiger partial charge in [-0.25, -0.2) is 4.79 Å². The molecule has 0 spiro atoms. The maximum atomic E-state index is 11.9. The Morgan fingerprint density at radius 2 is 1.73 bits per heavy atom. The Bertz CT molecular complexity index is 328. The number of esters is 1. The molecule has 2 fully saturated rings. The van der Waals surface area contributed by atoms with Crippen LogP contribution < -0.4 is 0 Å². The van der Waals surface area contributed by atoms with Gasteiger partial charge in [0, 0.05) is 0 Å². The van der Waals surface area contributed by atoms with E-state index in [1.165, 1.54) is 64.2 Å². The Morgan fingerprint density at radius 1 is 1.09 bits per heavy atom. The van der Waals surface area contributed by atoms with Gasteiger partial charge < -0.3 is 9.47 Å². The van der Waals surface area contributed by atoms with Gasteiger partial charge >= 0.3 is 5.97 Å². The van der Waals surface area contributed by atoms with Crippen LogP contribution in [0.2, 0.25) is 0 Å². The van der Waals surface area contributed by atoms with Gasteiger partial charge in [0.15, 0.2) is 5.60 Å². The van der Waals surface area contributed by atoms with E-state index in [9.17, 15) is 4.79 Å². The molecule has 1 saturated carbocycles. The van der Waals surface area contributed by atoms with Crippen molar-refractivity contribution in [2.75, 3.05) is 6.61 Å². The third-order valence-electron chi connectivity index (χ3n) is 5.13. The molecule has 1 aliphatic carbocycles. The van der Waals surface area contributed by atoms with Crippen molar-refractivity contribution < 1.29 is 14.3 Å². The van der Waals surface area contributed by atoms with E-state index >= 15 is 0 Å². The van der Waals surface area contributed by atoms with E-state index in [-0.39, 0.29) is 12.1 Å². The summed E-state index contributed by atoms with van der Waals surface area (Å²) in [5, 5.41) is 0. The zero-order valence-corrected chi connectivity index (χ0v) is 14.6. The summed E-state index contributed by atoms with van der Waals surface area (Å²) in [6.45, 7) is 4.33. The van der Waals surface area contributed by atoms with E-state index in [0.29, 0.717) is 6.61 Å². The monoisotopic (exact) mass is 310 g/mol. The molecule has 1 heterocycles. The fourth-order valence-electron chi connectivity index (χ4n) is 3.62. The Labute approximate surface area is 136 Å². The largest absolute Gasteiger partial charge is 0.461 e. The summed E-state index contributed by atoms with van der Waals surface area (Å²) in [5.41, 5.74) is -0.577. The predicted octanol–water partition coefficient (Wildman–Crippen LogP) is 5.02. The molecule has 0 amide bonds. The molecule has 1 atom stereocenters. The summed E-state index contributed by atoms with van der Waals surface area (Å²) in [7, 11) is 0. The van der Waals surface area contributed by atoms with Gasteiger partial charge in [0.25, 0.3) is 0 Å². The molecule has 0 bridgehead atoms. The Kier molecular flexibility index (Phi) is 7.20. The molecule has 1 aliphatic heterocycles. The minimum atomic E-state index is -0.577. The number of ether oxygens (including phenoxy) is 2. The first-order valence-corrected chi connectivity index (χ1v) is 9.47. The Morgan fingerprint density at radius 3 is 2.36 bits per heavy atom. The zero-order valence-electron chi connectivity index (χ0n) is 14.6. The lowest BCUT2D eigenvalue weighted by Crippen LogP contribution is -2.29. The molecule has 3 heteroatoms. The van der Waals surface area contributed by atoms with Gasteiger partial charge in [-0.05, 0) is 32.6 Å². The highest BCUT2D eigenvalue weighted by Crippen LogP contribution is 2.35. The zero-order chi connectivity index (χ0) is 15.8. The predicted molar refractivity (Wildman–Crippen MR) is 88.8 cm³/mol. The van der Waals surface area contributed by atoms with Crippen LogP contribution in [0.4, 0.5) is 0 Å². The lowest BCUT2D eigenvalue weighted by molar-refractivity contribution is -0.154. The first-order chi connectivity index (χ1) is 10.6. The molecule has 0 aromatic rings. The topological polar surface area (TPSA) is 38.8 Å². The van der Waals surface area contributed by atoms with Gasteiger partial charge in [-0.1, -0.05) is 64.2 Å². The SMILES string of the molecule is CC(C)OC(=O)C1(CCCCCCCC2CCCCC2)CO1. The van der Waals surface area contributed by atoms with Crippen LogP contribution in [-0.4, -0.2) is 24.3 Å². The average Bonchev–Trinajstić information content (AvgIpc) is 3.28. The highest BCUT2D eigenvalue weighted by Gasteiger charge is 2.53. The molecule has 0 radical (unpaired) electrons. The van der Waals surface area contributed by atoms with Crippen LogP contribution in [0.15, 0.2) is 0 Å². The minimum Gasteiger partial charge on any atom is -0.461 e.